The molecule has 0 N–H and O–H groups in total. The van der Waals surface area contributed by atoms with Crippen molar-refractivity contribution >= 4 is 29.2 Å². The fourth-order valence-electron chi connectivity index (χ4n) is 2.50. The van der Waals surface area contributed by atoms with Gasteiger partial charge in [-0.3, -0.25) is 4.79 Å². The Morgan fingerprint density at radius 1 is 1.25 bits per heavy atom. The van der Waals surface area contributed by atoms with E-state index in [1.807, 2.05) is 0 Å². The topological polar surface area (TPSA) is 26.3 Å². The zero-order valence-electron chi connectivity index (χ0n) is 10.1. The average molecular weight is 265 g/mol. The lowest BCUT2D eigenvalue weighted by molar-refractivity contribution is -0.147. The number of halogens is 2. The molecule has 0 radical (unpaired) electrons. The highest BCUT2D eigenvalue weighted by molar-refractivity contribution is 6.50. The van der Waals surface area contributed by atoms with Crippen molar-refractivity contribution < 1.29 is 9.53 Å². The quantitative estimate of drug-likeness (QED) is 0.577. The third-order valence-electron chi connectivity index (χ3n) is 4.64. The van der Waals surface area contributed by atoms with Crippen LogP contribution in [0.25, 0.3) is 0 Å². The molecule has 0 aromatic rings. The van der Waals surface area contributed by atoms with Crippen LogP contribution in [0.2, 0.25) is 0 Å². The molecule has 0 amide bonds. The molecular weight excluding hydrogens is 247 g/mol. The molecule has 92 valence electrons. The molecule has 0 aromatic carbocycles. The molecule has 0 aromatic heterocycles. The highest BCUT2D eigenvalue weighted by Gasteiger charge is 2.69. The second kappa shape index (κ2) is 3.29. The summed E-state index contributed by atoms with van der Waals surface area (Å²) in [5, 5.41) is 0. The molecule has 2 fully saturated rings. The first-order valence-corrected chi connectivity index (χ1v) is 6.41. The summed E-state index contributed by atoms with van der Waals surface area (Å²) >= 11 is 11.7. The smallest absolute Gasteiger partial charge is 0.310 e. The maximum absolute atomic E-state index is 11.9. The van der Waals surface area contributed by atoms with Gasteiger partial charge in [0.05, 0.1) is 12.5 Å². The van der Waals surface area contributed by atoms with Gasteiger partial charge in [-0.05, 0) is 17.3 Å². The molecule has 2 saturated carbocycles. The maximum Gasteiger partial charge on any atom is 0.310 e. The van der Waals surface area contributed by atoms with Crippen LogP contribution in [0.5, 0.6) is 0 Å². The van der Waals surface area contributed by atoms with E-state index >= 15 is 0 Å². The molecule has 2 rings (SSSR count). The number of rotatable bonds is 3. The minimum absolute atomic E-state index is 0.00111. The van der Waals surface area contributed by atoms with Crippen LogP contribution in [-0.2, 0) is 9.53 Å². The lowest BCUT2D eigenvalue weighted by Gasteiger charge is -2.05. The van der Waals surface area contributed by atoms with Crippen molar-refractivity contribution in [2.45, 2.75) is 38.4 Å². The van der Waals surface area contributed by atoms with Crippen LogP contribution < -0.4 is 0 Å². The van der Waals surface area contributed by atoms with Crippen LogP contribution in [0.1, 0.15) is 34.1 Å². The first-order chi connectivity index (χ1) is 7.11. The van der Waals surface area contributed by atoms with Crippen molar-refractivity contribution in [3.63, 3.8) is 0 Å². The standard InChI is InChI=1S/C12H18Cl2O2/c1-10(2)8(11(10,3)4)9(15)16-6-7-5-12(7,13)14/h7-8H,5-6H2,1-4H3. The Morgan fingerprint density at radius 3 is 2.00 bits per heavy atom. The molecule has 0 bridgehead atoms. The van der Waals surface area contributed by atoms with Gasteiger partial charge in [0, 0.05) is 5.92 Å². The Hall–Kier alpha value is 0.0500. The molecule has 2 nitrogen and oxygen atoms in total. The lowest BCUT2D eigenvalue weighted by Crippen LogP contribution is -2.14. The van der Waals surface area contributed by atoms with E-state index in [9.17, 15) is 4.79 Å². The number of carbonyl (C=O) groups is 1. The number of hydrogen-bond acceptors (Lipinski definition) is 2. The summed E-state index contributed by atoms with van der Waals surface area (Å²) in [4.78, 5) is 11.9. The Kier molecular flexibility index (Phi) is 2.57. The normalized spacial score (nSPS) is 33.2. The summed E-state index contributed by atoms with van der Waals surface area (Å²) in [5.74, 6) is 0.00888. The van der Waals surface area contributed by atoms with E-state index in [1.54, 1.807) is 0 Å². The van der Waals surface area contributed by atoms with Crippen molar-refractivity contribution in [1.29, 1.82) is 0 Å². The van der Waals surface area contributed by atoms with Gasteiger partial charge in [-0.25, -0.2) is 0 Å². The van der Waals surface area contributed by atoms with E-state index in [1.165, 1.54) is 0 Å². The zero-order valence-corrected chi connectivity index (χ0v) is 11.7. The predicted molar refractivity (Wildman–Crippen MR) is 64.6 cm³/mol. The molecule has 0 spiro atoms. The summed E-state index contributed by atoms with van der Waals surface area (Å²) in [5.41, 5.74) is 0.0688. The van der Waals surface area contributed by atoms with Crippen molar-refractivity contribution in [2.75, 3.05) is 6.61 Å². The largest absolute Gasteiger partial charge is 0.465 e. The monoisotopic (exact) mass is 264 g/mol. The van der Waals surface area contributed by atoms with Gasteiger partial charge in [-0.2, -0.15) is 0 Å². The fourth-order valence-corrected chi connectivity index (χ4v) is 3.00. The summed E-state index contributed by atoms with van der Waals surface area (Å²) in [7, 11) is 0. The molecule has 1 atom stereocenters. The molecule has 0 saturated heterocycles. The number of carbonyl (C=O) groups excluding carboxylic acids is 1. The zero-order chi connectivity index (χ0) is 12.4. The van der Waals surface area contributed by atoms with E-state index in [4.69, 9.17) is 27.9 Å². The number of hydrogen-bond donors (Lipinski definition) is 0. The van der Waals surface area contributed by atoms with Crippen LogP contribution in [0.3, 0.4) is 0 Å². The fraction of sp³-hybridized carbons (Fsp3) is 0.917. The van der Waals surface area contributed by atoms with Gasteiger partial charge < -0.3 is 4.74 Å². The van der Waals surface area contributed by atoms with Crippen LogP contribution in [-0.4, -0.2) is 16.9 Å². The lowest BCUT2D eigenvalue weighted by atomic mass is 10.0. The van der Waals surface area contributed by atoms with Gasteiger partial charge in [0.2, 0.25) is 0 Å². The average Bonchev–Trinajstić information content (AvgIpc) is 2.81. The van der Waals surface area contributed by atoms with Gasteiger partial charge in [-0.1, -0.05) is 27.7 Å². The van der Waals surface area contributed by atoms with Gasteiger partial charge in [0.25, 0.3) is 0 Å². The van der Waals surface area contributed by atoms with Crippen molar-refractivity contribution in [3.8, 4) is 0 Å². The van der Waals surface area contributed by atoms with E-state index < -0.39 is 4.33 Å². The van der Waals surface area contributed by atoms with Gasteiger partial charge >= 0.3 is 5.97 Å². The number of esters is 1. The summed E-state index contributed by atoms with van der Waals surface area (Å²) in [6.45, 7) is 8.76. The molecule has 2 aliphatic carbocycles. The van der Waals surface area contributed by atoms with E-state index in [0.717, 1.165) is 6.42 Å². The van der Waals surface area contributed by atoms with Crippen molar-refractivity contribution in [2.24, 2.45) is 22.7 Å². The SMILES string of the molecule is CC1(C)C(C(=O)OCC2CC2(Cl)Cl)C1(C)C. The molecule has 2 aliphatic rings. The van der Waals surface area contributed by atoms with Crippen LogP contribution in [0.4, 0.5) is 0 Å². The first-order valence-electron chi connectivity index (χ1n) is 5.65. The molecule has 4 heteroatoms. The second-order valence-electron chi connectivity index (χ2n) is 6.17. The summed E-state index contributed by atoms with van der Waals surface area (Å²) in [6.07, 6.45) is 0.723. The molecule has 0 heterocycles. The Labute approximate surface area is 107 Å². The predicted octanol–water partition coefficient (Wildman–Crippen LogP) is 3.41. The second-order valence-corrected chi connectivity index (χ2v) is 7.71. The molecular formula is C12H18Cl2O2. The minimum Gasteiger partial charge on any atom is -0.465 e. The highest BCUT2D eigenvalue weighted by Crippen LogP contribution is 2.68. The molecule has 16 heavy (non-hydrogen) atoms. The Bertz CT molecular complexity index is 320. The van der Waals surface area contributed by atoms with Gasteiger partial charge in [0.1, 0.15) is 4.33 Å². The minimum atomic E-state index is -0.658. The third kappa shape index (κ3) is 1.74. The Morgan fingerprint density at radius 2 is 1.69 bits per heavy atom. The number of ether oxygens (including phenoxy) is 1. The summed E-state index contributed by atoms with van der Waals surface area (Å²) in [6, 6.07) is 0. The van der Waals surface area contributed by atoms with Gasteiger partial charge in [0.15, 0.2) is 0 Å². The van der Waals surface area contributed by atoms with E-state index in [-0.39, 0.29) is 28.6 Å². The summed E-state index contributed by atoms with van der Waals surface area (Å²) < 4.78 is 4.63. The highest BCUT2D eigenvalue weighted by atomic mass is 35.5. The number of alkyl halides is 2. The van der Waals surface area contributed by atoms with E-state index in [2.05, 4.69) is 27.7 Å². The Balaban J connectivity index is 1.83. The maximum atomic E-state index is 11.9. The van der Waals surface area contributed by atoms with Crippen LogP contribution in [0.15, 0.2) is 0 Å². The molecule has 1 unspecified atom stereocenters. The van der Waals surface area contributed by atoms with Crippen molar-refractivity contribution in [1.82, 2.24) is 0 Å². The van der Waals surface area contributed by atoms with Crippen LogP contribution in [0, 0.1) is 22.7 Å². The van der Waals surface area contributed by atoms with Crippen LogP contribution >= 0.6 is 23.2 Å². The van der Waals surface area contributed by atoms with Gasteiger partial charge in [-0.15, -0.1) is 23.2 Å². The first kappa shape index (κ1) is 12.5. The third-order valence-corrected chi connectivity index (χ3v) is 5.56. The molecule has 0 aliphatic heterocycles. The van der Waals surface area contributed by atoms with Crippen molar-refractivity contribution in [3.05, 3.63) is 0 Å². The van der Waals surface area contributed by atoms with E-state index in [0.29, 0.717) is 6.61 Å².